The summed E-state index contributed by atoms with van der Waals surface area (Å²) in [7, 11) is -6.49. The van der Waals surface area contributed by atoms with Crippen LogP contribution >= 0.6 is 0 Å². The van der Waals surface area contributed by atoms with Crippen molar-refractivity contribution in [3.05, 3.63) is 119 Å². The Balaban J connectivity index is 1.94. The highest BCUT2D eigenvalue weighted by Gasteiger charge is 2.45. The van der Waals surface area contributed by atoms with Crippen LogP contribution in [0.5, 0.6) is 0 Å². The summed E-state index contributed by atoms with van der Waals surface area (Å²) in [6.45, 7) is 3.86. The molecule has 9 nitrogen and oxygen atoms in total. The number of carbonyl (C=O) groups is 4. The Kier molecular flexibility index (Phi) is 8.06. The van der Waals surface area contributed by atoms with E-state index in [1.165, 1.54) is 48.5 Å². The van der Waals surface area contributed by atoms with Crippen molar-refractivity contribution in [3.63, 3.8) is 0 Å². The fourth-order valence-electron chi connectivity index (χ4n) is 4.70. The molecule has 0 aliphatic heterocycles. The molecule has 0 heterocycles. The number of carboxylic acids is 4. The van der Waals surface area contributed by atoms with Crippen molar-refractivity contribution in [3.8, 4) is 0 Å². The van der Waals surface area contributed by atoms with Crippen LogP contribution < -0.4 is 20.7 Å². The molecule has 0 bridgehead atoms. The van der Waals surface area contributed by atoms with E-state index in [0.29, 0.717) is 0 Å². The summed E-state index contributed by atoms with van der Waals surface area (Å²) in [6.07, 6.45) is 0. The maximum absolute atomic E-state index is 11.5. The van der Waals surface area contributed by atoms with Crippen LogP contribution in [0.25, 0.3) is 0 Å². The number of hydrogen-bond donors (Lipinski definition) is 4. The highest BCUT2D eigenvalue weighted by atomic mass is 28.4. The molecule has 0 saturated carbocycles. The van der Waals surface area contributed by atoms with Crippen LogP contribution in [0.4, 0.5) is 0 Å². The molecule has 41 heavy (non-hydrogen) atoms. The molecule has 4 aromatic rings. The average Bonchev–Trinajstić information content (AvgIpc) is 2.97. The monoisotopic (exact) mass is 586 g/mol. The maximum atomic E-state index is 11.5. The van der Waals surface area contributed by atoms with Crippen molar-refractivity contribution in [1.82, 2.24) is 0 Å². The highest BCUT2D eigenvalue weighted by molar-refractivity contribution is 7.08. The summed E-state index contributed by atoms with van der Waals surface area (Å²) >= 11 is 0. The first kappa shape index (κ1) is 29.1. The van der Waals surface area contributed by atoms with Crippen molar-refractivity contribution in [1.29, 1.82) is 0 Å². The molecule has 4 N–H and O–H groups in total. The average molecular weight is 587 g/mol. The van der Waals surface area contributed by atoms with E-state index < -0.39 is 40.5 Å². The van der Waals surface area contributed by atoms with Gasteiger partial charge in [-0.1, -0.05) is 48.5 Å². The van der Waals surface area contributed by atoms with E-state index in [1.54, 1.807) is 48.5 Å². The summed E-state index contributed by atoms with van der Waals surface area (Å²) in [5, 5.41) is 40.7. The van der Waals surface area contributed by atoms with E-state index in [-0.39, 0.29) is 22.3 Å². The Morgan fingerprint density at radius 2 is 0.585 bits per heavy atom. The molecule has 0 fully saturated rings. The molecule has 0 aliphatic carbocycles. The van der Waals surface area contributed by atoms with Crippen LogP contribution in [-0.2, 0) is 4.12 Å². The van der Waals surface area contributed by atoms with E-state index in [2.05, 4.69) is 0 Å². The third-order valence-corrected chi connectivity index (χ3v) is 16.1. The second-order valence-corrected chi connectivity index (χ2v) is 17.0. The van der Waals surface area contributed by atoms with E-state index in [1.807, 2.05) is 13.1 Å². The third kappa shape index (κ3) is 5.87. The SMILES string of the molecule is C[Si](O[Si](C)(c1ccc(C(=O)O)cc1)c1ccc(C(=O)O)cc1)(c1ccc(C(=O)O)cc1)c1ccc(C(=O)O)cc1. The predicted octanol–water partition coefficient (Wildman–Crippen LogP) is 2.58. The quantitative estimate of drug-likeness (QED) is 0.205. The molecule has 0 spiro atoms. The van der Waals surface area contributed by atoms with Crippen molar-refractivity contribution < 1.29 is 43.7 Å². The van der Waals surface area contributed by atoms with Gasteiger partial charge in [0.1, 0.15) is 0 Å². The summed E-state index contributed by atoms with van der Waals surface area (Å²) < 4.78 is 7.26. The lowest BCUT2D eigenvalue weighted by molar-refractivity contribution is 0.0686. The van der Waals surface area contributed by atoms with E-state index in [4.69, 9.17) is 4.12 Å². The van der Waals surface area contributed by atoms with Gasteiger partial charge < -0.3 is 24.5 Å². The number of aromatic carboxylic acids is 4. The molecule has 0 saturated heterocycles. The Bertz CT molecular complexity index is 1380. The zero-order chi connectivity index (χ0) is 29.9. The van der Waals surface area contributed by atoms with Crippen LogP contribution in [-0.4, -0.2) is 60.9 Å². The summed E-state index contributed by atoms with van der Waals surface area (Å²) in [4.78, 5) is 46.1. The first-order chi connectivity index (χ1) is 19.3. The van der Waals surface area contributed by atoms with Crippen molar-refractivity contribution in [2.45, 2.75) is 13.1 Å². The van der Waals surface area contributed by atoms with E-state index >= 15 is 0 Å². The Labute approximate surface area is 237 Å². The summed E-state index contributed by atoms with van der Waals surface area (Å²) in [5.41, 5.74) is 0.388. The van der Waals surface area contributed by atoms with Crippen LogP contribution in [0.3, 0.4) is 0 Å². The lowest BCUT2D eigenvalue weighted by atomic mass is 10.2. The van der Waals surface area contributed by atoms with Crippen LogP contribution in [0.15, 0.2) is 97.1 Å². The molecule has 4 aromatic carbocycles. The lowest BCUT2D eigenvalue weighted by Crippen LogP contribution is -2.70. The zero-order valence-corrected chi connectivity index (χ0v) is 24.1. The van der Waals surface area contributed by atoms with Gasteiger partial charge in [0.15, 0.2) is 0 Å². The number of hydrogen-bond acceptors (Lipinski definition) is 5. The van der Waals surface area contributed by atoms with Gasteiger partial charge in [0.2, 0.25) is 16.6 Å². The first-order valence-electron chi connectivity index (χ1n) is 12.4. The Hall–Kier alpha value is -4.85. The van der Waals surface area contributed by atoms with Gasteiger partial charge in [0, 0.05) is 0 Å². The molecular formula is C30H26O9Si2. The fourth-order valence-corrected chi connectivity index (χ4v) is 13.7. The molecular weight excluding hydrogens is 560 g/mol. The van der Waals surface area contributed by atoms with Crippen molar-refractivity contribution >= 4 is 61.3 Å². The van der Waals surface area contributed by atoms with Gasteiger partial charge in [-0.15, -0.1) is 0 Å². The first-order valence-corrected chi connectivity index (χ1v) is 17.2. The minimum atomic E-state index is -3.25. The molecule has 0 radical (unpaired) electrons. The number of benzene rings is 4. The molecule has 0 amide bonds. The molecule has 0 aromatic heterocycles. The van der Waals surface area contributed by atoms with Gasteiger partial charge in [-0.25, -0.2) is 19.2 Å². The van der Waals surface area contributed by atoms with Crippen molar-refractivity contribution in [2.24, 2.45) is 0 Å². The van der Waals surface area contributed by atoms with Gasteiger partial charge in [-0.2, -0.15) is 0 Å². The van der Waals surface area contributed by atoms with E-state index in [0.717, 1.165) is 20.7 Å². The second kappa shape index (κ2) is 11.3. The van der Waals surface area contributed by atoms with Crippen molar-refractivity contribution in [2.75, 3.05) is 0 Å². The highest BCUT2D eigenvalue weighted by Crippen LogP contribution is 2.19. The van der Waals surface area contributed by atoms with Crippen LogP contribution in [0.2, 0.25) is 13.1 Å². The Morgan fingerprint density at radius 3 is 0.732 bits per heavy atom. The normalized spacial score (nSPS) is 11.6. The number of rotatable bonds is 10. The maximum Gasteiger partial charge on any atom is 0.335 e. The summed E-state index contributed by atoms with van der Waals surface area (Å²) in [6, 6.07) is 25.4. The summed E-state index contributed by atoms with van der Waals surface area (Å²) in [5.74, 6) is -4.32. The van der Waals surface area contributed by atoms with Gasteiger partial charge in [0.25, 0.3) is 0 Å². The molecule has 208 valence electrons. The second-order valence-electron chi connectivity index (χ2n) is 9.70. The molecule has 4 rings (SSSR count). The minimum Gasteiger partial charge on any atom is -0.478 e. The standard InChI is InChI=1S/C30H26O9Si2/c1-40(23-11-3-19(4-12-23)27(31)32,24-13-5-20(6-14-24)28(33)34)39-41(2,25-15-7-21(8-16-25)29(35)36)26-17-9-22(10-18-26)30(37)38/h3-18H,1-2H3,(H,31,32)(H,33,34)(H,35,36)(H,37,38). The van der Waals surface area contributed by atoms with Gasteiger partial charge in [-0.3, -0.25) is 0 Å². The smallest absolute Gasteiger partial charge is 0.335 e. The van der Waals surface area contributed by atoms with Gasteiger partial charge in [-0.05, 0) is 82.4 Å². The number of carboxylic acid groups (broad SMARTS) is 4. The third-order valence-electron chi connectivity index (χ3n) is 7.14. The largest absolute Gasteiger partial charge is 0.478 e. The lowest BCUT2D eigenvalue weighted by Gasteiger charge is -2.39. The van der Waals surface area contributed by atoms with Crippen LogP contribution in [0, 0.1) is 0 Å². The molecule has 0 unspecified atom stereocenters. The van der Waals surface area contributed by atoms with E-state index in [9.17, 15) is 39.6 Å². The topological polar surface area (TPSA) is 158 Å². The van der Waals surface area contributed by atoms with Gasteiger partial charge >= 0.3 is 23.9 Å². The Morgan fingerprint density at radius 1 is 0.415 bits per heavy atom. The van der Waals surface area contributed by atoms with Gasteiger partial charge in [0.05, 0.1) is 22.3 Å². The zero-order valence-electron chi connectivity index (χ0n) is 22.1. The predicted molar refractivity (Wildman–Crippen MR) is 156 cm³/mol. The van der Waals surface area contributed by atoms with Crippen LogP contribution in [0.1, 0.15) is 41.4 Å². The molecule has 0 aliphatic rings. The fraction of sp³-hybridized carbons (Fsp3) is 0.0667. The molecule has 0 atom stereocenters. The molecule has 11 heteroatoms. The minimum absolute atomic E-state index is 0.0971.